The van der Waals surface area contributed by atoms with Gasteiger partial charge in [0, 0.05) is 23.3 Å². The Labute approximate surface area is 151 Å². The van der Waals surface area contributed by atoms with Gasteiger partial charge >= 0.3 is 18.7 Å². The molecule has 0 saturated carbocycles. The Balaban J connectivity index is 2.26. The first kappa shape index (κ1) is 17.4. The Kier molecular flexibility index (Phi) is 3.88. The lowest BCUT2D eigenvalue weighted by molar-refractivity contribution is 0.346. The summed E-state index contributed by atoms with van der Waals surface area (Å²) in [6.45, 7) is 1.22. The van der Waals surface area contributed by atoms with Crippen molar-refractivity contribution in [3.8, 4) is 11.4 Å². The van der Waals surface area contributed by atoms with E-state index in [1.165, 1.54) is 6.92 Å². The standard InChI is InChI=1S/C17H15N4O5P/c1-9(27(24,25)26)21-14-11-5-3-2-4-10(11)12(15-18-6-7-19-15)8-13(14)20-16(22)17(21)23/h2-9H,1H3,(H,18,19)(H,20,22)(H2,24,25,26). The highest BCUT2D eigenvalue weighted by Gasteiger charge is 2.29. The molecular weight excluding hydrogens is 371 g/mol. The summed E-state index contributed by atoms with van der Waals surface area (Å²) in [5, 5.41) is 1.29. The molecule has 9 nitrogen and oxygen atoms in total. The fraction of sp³-hybridized carbons (Fsp3) is 0.118. The normalized spacial score (nSPS) is 13.3. The number of aromatic amines is 2. The van der Waals surface area contributed by atoms with Gasteiger partial charge in [-0.15, -0.1) is 0 Å². The summed E-state index contributed by atoms with van der Waals surface area (Å²) in [6, 6.07) is 8.73. The smallest absolute Gasteiger partial charge is 0.345 e. The minimum absolute atomic E-state index is 0.251. The van der Waals surface area contributed by atoms with Gasteiger partial charge in [0.25, 0.3) is 0 Å². The van der Waals surface area contributed by atoms with Crippen LogP contribution in [0.3, 0.4) is 0 Å². The number of fused-ring (bicyclic) bond motifs is 3. The Morgan fingerprint density at radius 2 is 1.89 bits per heavy atom. The van der Waals surface area contributed by atoms with Crippen LogP contribution in [-0.2, 0) is 4.57 Å². The summed E-state index contributed by atoms with van der Waals surface area (Å²) in [7, 11) is -4.68. The summed E-state index contributed by atoms with van der Waals surface area (Å²) in [6.07, 6.45) is 3.25. The summed E-state index contributed by atoms with van der Waals surface area (Å²) >= 11 is 0. The fourth-order valence-electron chi connectivity index (χ4n) is 3.22. The summed E-state index contributed by atoms with van der Waals surface area (Å²) in [5.74, 6) is -0.928. The van der Waals surface area contributed by atoms with Gasteiger partial charge in [0.2, 0.25) is 0 Å². The lowest BCUT2D eigenvalue weighted by Crippen LogP contribution is -2.37. The molecular formula is C17H15N4O5P. The number of aromatic nitrogens is 4. The Hall–Kier alpha value is -3.00. The fourth-order valence-corrected chi connectivity index (χ4v) is 3.74. The maximum absolute atomic E-state index is 12.5. The molecule has 0 fully saturated rings. The van der Waals surface area contributed by atoms with Crippen molar-refractivity contribution in [1.82, 2.24) is 19.5 Å². The van der Waals surface area contributed by atoms with E-state index in [1.807, 2.05) is 6.07 Å². The Morgan fingerprint density at radius 1 is 1.19 bits per heavy atom. The zero-order valence-corrected chi connectivity index (χ0v) is 15.0. The molecule has 2 aromatic carbocycles. The summed E-state index contributed by atoms with van der Waals surface area (Å²) < 4.78 is 12.7. The number of hydrogen-bond acceptors (Lipinski definition) is 4. The van der Waals surface area contributed by atoms with Gasteiger partial charge in [0.15, 0.2) is 0 Å². The topological polar surface area (TPSA) is 141 Å². The molecule has 0 radical (unpaired) electrons. The molecule has 2 heterocycles. The minimum atomic E-state index is -4.68. The van der Waals surface area contributed by atoms with E-state index in [2.05, 4.69) is 15.0 Å². The first-order valence-electron chi connectivity index (χ1n) is 8.04. The van der Waals surface area contributed by atoms with Crippen LogP contribution >= 0.6 is 7.60 Å². The molecule has 1 unspecified atom stereocenters. The molecule has 0 bridgehead atoms. The molecule has 0 aliphatic carbocycles. The van der Waals surface area contributed by atoms with Crippen molar-refractivity contribution >= 4 is 29.4 Å². The quantitative estimate of drug-likeness (QED) is 0.241. The van der Waals surface area contributed by atoms with Crippen LogP contribution in [0.2, 0.25) is 0 Å². The van der Waals surface area contributed by atoms with Crippen LogP contribution in [-0.4, -0.2) is 29.3 Å². The second-order valence-corrected chi connectivity index (χ2v) is 8.08. The van der Waals surface area contributed by atoms with Gasteiger partial charge in [0.05, 0.1) is 11.0 Å². The maximum atomic E-state index is 12.5. The van der Waals surface area contributed by atoms with Gasteiger partial charge in [-0.1, -0.05) is 24.3 Å². The van der Waals surface area contributed by atoms with Gasteiger partial charge in [-0.2, -0.15) is 0 Å². The second kappa shape index (κ2) is 6.02. The van der Waals surface area contributed by atoms with E-state index in [-0.39, 0.29) is 11.0 Å². The molecule has 0 aliphatic rings. The molecule has 10 heteroatoms. The van der Waals surface area contributed by atoms with Crippen molar-refractivity contribution in [3.63, 3.8) is 0 Å². The molecule has 4 N–H and O–H groups in total. The minimum Gasteiger partial charge on any atom is -0.345 e. The predicted octanol–water partition coefficient (Wildman–Crippen LogP) is 1.93. The van der Waals surface area contributed by atoms with Gasteiger partial charge in [-0.05, 0) is 18.4 Å². The van der Waals surface area contributed by atoms with E-state index < -0.39 is 24.5 Å². The van der Waals surface area contributed by atoms with Crippen molar-refractivity contribution < 1.29 is 14.4 Å². The monoisotopic (exact) mass is 386 g/mol. The van der Waals surface area contributed by atoms with E-state index in [0.717, 1.165) is 9.95 Å². The molecule has 1 atom stereocenters. The number of benzene rings is 2. The Morgan fingerprint density at radius 3 is 2.52 bits per heavy atom. The lowest BCUT2D eigenvalue weighted by Gasteiger charge is -2.20. The lowest BCUT2D eigenvalue weighted by atomic mass is 10.0. The number of rotatable bonds is 3. The van der Waals surface area contributed by atoms with Crippen LogP contribution in [0, 0.1) is 0 Å². The number of H-pyrrole nitrogens is 2. The van der Waals surface area contributed by atoms with E-state index in [4.69, 9.17) is 0 Å². The zero-order chi connectivity index (χ0) is 19.3. The van der Waals surface area contributed by atoms with Crippen molar-refractivity contribution in [2.75, 3.05) is 0 Å². The van der Waals surface area contributed by atoms with Crippen LogP contribution in [0.4, 0.5) is 0 Å². The molecule has 0 amide bonds. The average molecular weight is 386 g/mol. The number of hydrogen-bond donors (Lipinski definition) is 4. The van der Waals surface area contributed by atoms with Crippen molar-refractivity contribution in [1.29, 1.82) is 0 Å². The van der Waals surface area contributed by atoms with Crippen LogP contribution in [0.5, 0.6) is 0 Å². The molecule has 4 aromatic rings. The van der Waals surface area contributed by atoms with Crippen molar-refractivity contribution in [3.05, 3.63) is 63.4 Å². The molecule has 2 aromatic heterocycles. The van der Waals surface area contributed by atoms with Crippen LogP contribution in [0.1, 0.15) is 12.7 Å². The van der Waals surface area contributed by atoms with Crippen LogP contribution < -0.4 is 11.1 Å². The van der Waals surface area contributed by atoms with Crippen molar-refractivity contribution in [2.45, 2.75) is 12.7 Å². The number of nitrogens with one attached hydrogen (secondary N) is 2. The van der Waals surface area contributed by atoms with E-state index >= 15 is 0 Å². The van der Waals surface area contributed by atoms with Gasteiger partial charge < -0.3 is 19.8 Å². The molecule has 0 aliphatic heterocycles. The van der Waals surface area contributed by atoms with Crippen molar-refractivity contribution in [2.24, 2.45) is 0 Å². The molecule has 27 heavy (non-hydrogen) atoms. The van der Waals surface area contributed by atoms with E-state index in [1.54, 1.807) is 36.7 Å². The van der Waals surface area contributed by atoms with Crippen LogP contribution in [0.15, 0.2) is 52.3 Å². The molecule has 0 saturated heterocycles. The highest BCUT2D eigenvalue weighted by Crippen LogP contribution is 2.49. The predicted molar refractivity (Wildman–Crippen MR) is 101 cm³/mol. The van der Waals surface area contributed by atoms with Crippen LogP contribution in [0.25, 0.3) is 33.2 Å². The highest BCUT2D eigenvalue weighted by molar-refractivity contribution is 7.51. The number of imidazole rings is 1. The summed E-state index contributed by atoms with van der Waals surface area (Å²) in [4.78, 5) is 53.6. The maximum Gasteiger partial charge on any atom is 0.347 e. The van der Waals surface area contributed by atoms with Gasteiger partial charge in [-0.3, -0.25) is 18.7 Å². The number of nitrogens with zero attached hydrogens (tertiary/aromatic N) is 2. The molecule has 138 valence electrons. The van der Waals surface area contributed by atoms with E-state index in [9.17, 15) is 23.9 Å². The van der Waals surface area contributed by atoms with Gasteiger partial charge in [-0.25, -0.2) is 4.98 Å². The first-order valence-corrected chi connectivity index (χ1v) is 9.72. The third-order valence-electron chi connectivity index (χ3n) is 4.53. The Bertz CT molecular complexity index is 1330. The molecule has 0 spiro atoms. The first-order chi connectivity index (χ1) is 12.8. The largest absolute Gasteiger partial charge is 0.347 e. The third-order valence-corrected chi connectivity index (χ3v) is 5.74. The SMILES string of the molecule is CC(n1c(=O)c(=O)[nH]c2cc(-c3ncc[nH]3)c3ccccc3c21)P(=O)(O)O. The average Bonchev–Trinajstić information content (AvgIpc) is 3.15. The third kappa shape index (κ3) is 2.73. The highest BCUT2D eigenvalue weighted by atomic mass is 31.2. The van der Waals surface area contributed by atoms with E-state index in [0.29, 0.717) is 16.8 Å². The molecule has 4 rings (SSSR count). The summed E-state index contributed by atoms with van der Waals surface area (Å²) in [5.41, 5.74) is -0.753. The van der Waals surface area contributed by atoms with Gasteiger partial charge in [0.1, 0.15) is 11.6 Å². The second-order valence-electron chi connectivity index (χ2n) is 6.15. The zero-order valence-electron chi connectivity index (χ0n) is 14.1.